The van der Waals surface area contributed by atoms with E-state index in [2.05, 4.69) is 78.8 Å². The summed E-state index contributed by atoms with van der Waals surface area (Å²) in [4.78, 5) is 10.5. The summed E-state index contributed by atoms with van der Waals surface area (Å²) in [6, 6.07) is 11.8. The average Bonchev–Trinajstić information content (AvgIpc) is 3.05. The van der Waals surface area contributed by atoms with Gasteiger partial charge in [0.15, 0.2) is 0 Å². The lowest BCUT2D eigenvalue weighted by molar-refractivity contribution is 0.605. The smallest absolute Gasteiger partial charge is 0.0639 e. The summed E-state index contributed by atoms with van der Waals surface area (Å²) in [6.45, 7) is 15.9. The molecule has 0 saturated carbocycles. The third-order valence-corrected chi connectivity index (χ3v) is 9.48. The zero-order chi connectivity index (χ0) is 32.7. The van der Waals surface area contributed by atoms with E-state index in [-0.39, 0.29) is 0 Å². The monoisotopic (exact) mass is 615 g/mol. The van der Waals surface area contributed by atoms with Crippen molar-refractivity contribution >= 4 is 22.8 Å². The first-order chi connectivity index (χ1) is 22.0. The lowest BCUT2D eigenvalue weighted by Crippen LogP contribution is -2.09. The fraction of sp³-hybridized carbons (Fsp3) is 0.674. The van der Waals surface area contributed by atoms with E-state index in [1.165, 1.54) is 145 Å². The Labute approximate surface area is 280 Å². The minimum Gasteiger partial charge on any atom is -0.252 e. The predicted molar refractivity (Wildman–Crippen MR) is 204 cm³/mol. The molecule has 2 rings (SSSR count). The van der Waals surface area contributed by atoms with Crippen LogP contribution in [0.4, 0.5) is 11.4 Å². The number of aliphatic imine (C=N–C) groups is 2. The molecule has 0 aliphatic heterocycles. The first kappa shape index (κ1) is 39.0. The molecule has 0 radical (unpaired) electrons. The van der Waals surface area contributed by atoms with E-state index >= 15 is 0 Å². The van der Waals surface area contributed by atoms with Gasteiger partial charge in [0.05, 0.1) is 22.8 Å². The molecule has 45 heavy (non-hydrogen) atoms. The van der Waals surface area contributed by atoms with E-state index in [1.807, 2.05) is 0 Å². The maximum atomic E-state index is 5.25. The van der Waals surface area contributed by atoms with E-state index in [1.54, 1.807) is 11.1 Å². The largest absolute Gasteiger partial charge is 0.252 e. The number of benzene rings is 2. The van der Waals surface area contributed by atoms with Crippen molar-refractivity contribution in [3.8, 4) is 0 Å². The summed E-state index contributed by atoms with van der Waals surface area (Å²) in [7, 11) is 0. The molecule has 0 saturated heterocycles. The summed E-state index contributed by atoms with van der Waals surface area (Å²) < 4.78 is 0. The lowest BCUT2D eigenvalue weighted by atomic mass is 9.90. The third kappa shape index (κ3) is 14.8. The van der Waals surface area contributed by atoms with Gasteiger partial charge in [0.25, 0.3) is 0 Å². The van der Waals surface area contributed by atoms with Gasteiger partial charge in [0, 0.05) is 0 Å². The second kappa shape index (κ2) is 24.0. The molecule has 0 atom stereocenters. The Hall–Kier alpha value is -2.22. The number of rotatable bonds is 25. The van der Waals surface area contributed by atoms with Crippen molar-refractivity contribution in [2.24, 2.45) is 9.98 Å². The Balaban J connectivity index is 2.36. The van der Waals surface area contributed by atoms with Gasteiger partial charge in [-0.15, -0.1) is 0 Å². The molecule has 0 spiro atoms. The minimum atomic E-state index is 0.888. The molecular weight excluding hydrogens is 544 g/mol. The Kier molecular flexibility index (Phi) is 20.8. The molecule has 2 heteroatoms. The number of aryl methyl sites for hydroxylation is 4. The van der Waals surface area contributed by atoms with Gasteiger partial charge in [-0.2, -0.15) is 0 Å². The molecule has 0 N–H and O–H groups in total. The SMILES string of the molecule is CCCCCCCCc1cc(N=C(C)C(CC)=Nc2ccc(CCCC)c(CCCCCC)c2)cc(CC)c1CCCCCC. The third-order valence-electron chi connectivity index (χ3n) is 9.48. The van der Waals surface area contributed by atoms with Crippen LogP contribution in [0.25, 0.3) is 0 Å². The van der Waals surface area contributed by atoms with Crippen LogP contribution >= 0.6 is 0 Å². The fourth-order valence-electron chi connectivity index (χ4n) is 6.63. The number of unbranched alkanes of at least 4 members (excludes halogenated alkanes) is 12. The van der Waals surface area contributed by atoms with Gasteiger partial charge in [-0.05, 0) is 123 Å². The zero-order valence-electron chi connectivity index (χ0n) is 30.8. The number of hydrogen-bond acceptors (Lipinski definition) is 2. The van der Waals surface area contributed by atoms with Crippen LogP contribution in [0.2, 0.25) is 0 Å². The van der Waals surface area contributed by atoms with E-state index in [9.17, 15) is 0 Å². The van der Waals surface area contributed by atoms with E-state index < -0.39 is 0 Å². The van der Waals surface area contributed by atoms with Gasteiger partial charge in [-0.25, -0.2) is 0 Å². The van der Waals surface area contributed by atoms with Gasteiger partial charge in [0.2, 0.25) is 0 Å². The fourth-order valence-corrected chi connectivity index (χ4v) is 6.63. The van der Waals surface area contributed by atoms with E-state index in [4.69, 9.17) is 9.98 Å². The van der Waals surface area contributed by atoms with Crippen LogP contribution in [0, 0.1) is 0 Å². The van der Waals surface area contributed by atoms with E-state index in [0.717, 1.165) is 35.6 Å². The van der Waals surface area contributed by atoms with Crippen LogP contribution in [0.5, 0.6) is 0 Å². The Morgan fingerprint density at radius 2 is 0.978 bits per heavy atom. The second-order valence-electron chi connectivity index (χ2n) is 13.4. The quantitative estimate of drug-likeness (QED) is 0.0785. The van der Waals surface area contributed by atoms with Crippen LogP contribution in [0.15, 0.2) is 40.3 Å². The summed E-state index contributed by atoms with van der Waals surface area (Å²) in [5.74, 6) is 0. The summed E-state index contributed by atoms with van der Waals surface area (Å²) in [6.07, 6.45) is 27.8. The standard InChI is InChI=1S/C43H70N2/c1-8-14-18-21-22-24-28-39-34-41(32-36(12-5)42(39)29-25-20-16-10-3)44-35(7)43(13-6)45-40-31-30-37(26-17-11-4)38(33-40)27-23-19-15-9-2/h30-34H,8-29H2,1-7H3. The van der Waals surface area contributed by atoms with Crippen molar-refractivity contribution in [2.45, 2.75) is 190 Å². The first-order valence-electron chi connectivity index (χ1n) is 19.4. The molecule has 252 valence electrons. The average molecular weight is 615 g/mol. The molecular formula is C43H70N2. The van der Waals surface area contributed by atoms with Crippen LogP contribution in [-0.2, 0) is 32.1 Å². The molecule has 0 aliphatic carbocycles. The predicted octanol–water partition coefficient (Wildman–Crippen LogP) is 14.0. The Morgan fingerprint density at radius 1 is 0.467 bits per heavy atom. The van der Waals surface area contributed by atoms with Gasteiger partial charge >= 0.3 is 0 Å². The van der Waals surface area contributed by atoms with Crippen LogP contribution < -0.4 is 0 Å². The maximum absolute atomic E-state index is 5.25. The number of nitrogens with zero attached hydrogens (tertiary/aromatic N) is 2. The topological polar surface area (TPSA) is 24.7 Å². The van der Waals surface area contributed by atoms with Crippen molar-refractivity contribution in [3.05, 3.63) is 58.1 Å². The first-order valence-corrected chi connectivity index (χ1v) is 19.4. The molecule has 2 aromatic rings. The van der Waals surface area contributed by atoms with Crippen LogP contribution in [-0.4, -0.2) is 11.4 Å². The zero-order valence-corrected chi connectivity index (χ0v) is 30.8. The molecule has 0 aliphatic rings. The molecule has 2 nitrogen and oxygen atoms in total. The minimum absolute atomic E-state index is 0.888. The number of hydrogen-bond donors (Lipinski definition) is 0. The van der Waals surface area contributed by atoms with Crippen LogP contribution in [0.3, 0.4) is 0 Å². The Bertz CT molecular complexity index is 1140. The molecule has 0 fully saturated rings. The molecule has 0 heterocycles. The van der Waals surface area contributed by atoms with Crippen molar-refractivity contribution in [1.82, 2.24) is 0 Å². The maximum Gasteiger partial charge on any atom is 0.0639 e. The van der Waals surface area contributed by atoms with Gasteiger partial charge in [-0.3, -0.25) is 9.98 Å². The summed E-state index contributed by atoms with van der Waals surface area (Å²) >= 11 is 0. The van der Waals surface area contributed by atoms with Crippen molar-refractivity contribution < 1.29 is 0 Å². The van der Waals surface area contributed by atoms with Gasteiger partial charge < -0.3 is 0 Å². The van der Waals surface area contributed by atoms with Gasteiger partial charge in [0.1, 0.15) is 0 Å². The highest BCUT2D eigenvalue weighted by molar-refractivity contribution is 6.42. The lowest BCUT2D eigenvalue weighted by Gasteiger charge is -2.16. The van der Waals surface area contributed by atoms with E-state index in [0.29, 0.717) is 0 Å². The molecule has 0 amide bonds. The van der Waals surface area contributed by atoms with Crippen molar-refractivity contribution in [1.29, 1.82) is 0 Å². The van der Waals surface area contributed by atoms with Crippen LogP contribution in [0.1, 0.15) is 185 Å². The second-order valence-corrected chi connectivity index (χ2v) is 13.4. The summed E-state index contributed by atoms with van der Waals surface area (Å²) in [5.41, 5.74) is 12.1. The Morgan fingerprint density at radius 3 is 1.60 bits per heavy atom. The van der Waals surface area contributed by atoms with Crippen molar-refractivity contribution in [2.75, 3.05) is 0 Å². The molecule has 0 aromatic heterocycles. The highest BCUT2D eigenvalue weighted by Gasteiger charge is 2.12. The van der Waals surface area contributed by atoms with Gasteiger partial charge in [-0.1, -0.05) is 125 Å². The van der Waals surface area contributed by atoms with Crippen molar-refractivity contribution in [3.63, 3.8) is 0 Å². The normalized spacial score (nSPS) is 12.3. The molecule has 0 bridgehead atoms. The molecule has 0 unspecified atom stereocenters. The molecule has 2 aromatic carbocycles. The summed E-state index contributed by atoms with van der Waals surface area (Å²) in [5, 5.41) is 0. The highest BCUT2D eigenvalue weighted by Crippen LogP contribution is 2.29. The highest BCUT2D eigenvalue weighted by atomic mass is 14.8.